The molecular weight excluding hydrogens is 352 g/mol. The maximum absolute atomic E-state index is 12.6. The van der Waals surface area contributed by atoms with Crippen molar-refractivity contribution in [3.63, 3.8) is 0 Å². The highest BCUT2D eigenvalue weighted by molar-refractivity contribution is 5.93. The largest absolute Gasteiger partial charge is 0.504 e. The molecule has 5 heteroatoms. The van der Waals surface area contributed by atoms with Crippen LogP contribution in [0.3, 0.4) is 0 Å². The number of ether oxygens (including phenoxy) is 1. The zero-order valence-corrected chi connectivity index (χ0v) is 17.0. The number of methoxy groups -OCH3 is 1. The van der Waals surface area contributed by atoms with Gasteiger partial charge in [0.05, 0.1) is 7.11 Å². The summed E-state index contributed by atoms with van der Waals surface area (Å²) < 4.78 is 5.21. The highest BCUT2D eigenvalue weighted by Crippen LogP contribution is 2.31. The van der Waals surface area contributed by atoms with Crippen molar-refractivity contribution < 1.29 is 14.6 Å². The minimum absolute atomic E-state index is 0.174. The molecule has 0 atom stereocenters. The molecule has 1 aliphatic rings. The molecule has 3 rings (SSSR count). The Bertz CT molecular complexity index is 796. The van der Waals surface area contributed by atoms with Crippen LogP contribution in [0.5, 0.6) is 11.5 Å². The maximum Gasteiger partial charge on any atom is 0.226 e. The summed E-state index contributed by atoms with van der Waals surface area (Å²) in [7, 11) is 1.56. The van der Waals surface area contributed by atoms with Gasteiger partial charge in [-0.3, -0.25) is 9.69 Å². The Labute approximate surface area is 167 Å². The fourth-order valence-corrected chi connectivity index (χ4v) is 3.87. The summed E-state index contributed by atoms with van der Waals surface area (Å²) in [6.07, 6.45) is 2.35. The highest BCUT2D eigenvalue weighted by atomic mass is 16.5. The van der Waals surface area contributed by atoms with Crippen LogP contribution in [0.25, 0.3) is 0 Å². The third-order valence-corrected chi connectivity index (χ3v) is 5.50. The molecular formula is C23H30N2O3. The summed E-state index contributed by atoms with van der Waals surface area (Å²) in [5.74, 6) is 0.897. The number of phenolic OH excluding ortho intramolecular Hbond substituents is 1. The second-order valence-corrected chi connectivity index (χ2v) is 7.43. The number of aryl methyl sites for hydroxylation is 1. The van der Waals surface area contributed by atoms with E-state index in [1.807, 2.05) is 36.1 Å². The van der Waals surface area contributed by atoms with Crippen molar-refractivity contribution in [3.05, 3.63) is 53.6 Å². The van der Waals surface area contributed by atoms with Crippen molar-refractivity contribution >= 4 is 11.6 Å². The van der Waals surface area contributed by atoms with Gasteiger partial charge in [0.15, 0.2) is 11.5 Å². The van der Waals surface area contributed by atoms with E-state index in [0.717, 1.165) is 37.2 Å². The van der Waals surface area contributed by atoms with Crippen LogP contribution in [0.2, 0.25) is 0 Å². The minimum atomic E-state index is 0.174. The van der Waals surface area contributed by atoms with Gasteiger partial charge in [-0.05, 0) is 38.0 Å². The van der Waals surface area contributed by atoms with Crippen LogP contribution in [0.15, 0.2) is 42.5 Å². The molecule has 1 heterocycles. The summed E-state index contributed by atoms with van der Waals surface area (Å²) in [6, 6.07) is 14.0. The summed E-state index contributed by atoms with van der Waals surface area (Å²) >= 11 is 0. The van der Waals surface area contributed by atoms with E-state index in [2.05, 4.69) is 24.0 Å². The first kappa shape index (κ1) is 20.2. The van der Waals surface area contributed by atoms with E-state index in [9.17, 15) is 9.90 Å². The monoisotopic (exact) mass is 382 g/mol. The molecule has 0 radical (unpaired) electrons. The second-order valence-electron chi connectivity index (χ2n) is 7.43. The molecule has 1 saturated heterocycles. The third-order valence-electron chi connectivity index (χ3n) is 5.50. The molecule has 2 aromatic rings. The zero-order chi connectivity index (χ0) is 20.1. The van der Waals surface area contributed by atoms with E-state index < -0.39 is 0 Å². The first-order valence-electron chi connectivity index (χ1n) is 9.99. The van der Waals surface area contributed by atoms with Crippen molar-refractivity contribution in [3.8, 4) is 11.5 Å². The smallest absolute Gasteiger partial charge is 0.226 e. The topological polar surface area (TPSA) is 53.0 Å². The molecule has 150 valence electrons. The van der Waals surface area contributed by atoms with Gasteiger partial charge in [-0.1, -0.05) is 36.8 Å². The summed E-state index contributed by atoms with van der Waals surface area (Å²) in [5, 5.41) is 10.3. The molecule has 0 saturated carbocycles. The second kappa shape index (κ2) is 9.11. The molecule has 1 N–H and O–H groups in total. The lowest BCUT2D eigenvalue weighted by molar-refractivity contribution is -0.119. The van der Waals surface area contributed by atoms with Crippen LogP contribution < -0.4 is 9.64 Å². The van der Waals surface area contributed by atoms with Gasteiger partial charge >= 0.3 is 0 Å². The lowest BCUT2D eigenvalue weighted by Crippen LogP contribution is -2.47. The maximum atomic E-state index is 12.6. The SMILES string of the molecule is CCC(=O)N(c1ccc(C)cc1)C1CCN(Cc2cccc(OC)c2O)CC1. The lowest BCUT2D eigenvalue weighted by Gasteiger charge is -2.38. The Morgan fingerprint density at radius 3 is 2.46 bits per heavy atom. The molecule has 0 aliphatic carbocycles. The van der Waals surface area contributed by atoms with Crippen LogP contribution in [0, 0.1) is 6.92 Å². The normalized spacial score (nSPS) is 15.4. The fraction of sp³-hybridized carbons (Fsp3) is 0.435. The number of carbonyl (C=O) groups excluding carboxylic acids is 1. The van der Waals surface area contributed by atoms with Crippen molar-refractivity contribution in [1.29, 1.82) is 0 Å². The van der Waals surface area contributed by atoms with Gasteiger partial charge in [0.25, 0.3) is 0 Å². The average Bonchev–Trinajstić information content (AvgIpc) is 2.72. The number of likely N-dealkylation sites (tertiary alicyclic amines) is 1. The molecule has 0 unspecified atom stereocenters. The van der Waals surface area contributed by atoms with E-state index in [1.54, 1.807) is 13.2 Å². The number of hydrogen-bond acceptors (Lipinski definition) is 4. The summed E-state index contributed by atoms with van der Waals surface area (Å²) in [5.41, 5.74) is 3.06. The van der Waals surface area contributed by atoms with Crippen molar-refractivity contribution in [2.45, 2.75) is 45.7 Å². The Morgan fingerprint density at radius 1 is 1.18 bits per heavy atom. The predicted octanol–water partition coefficient (Wildman–Crippen LogP) is 4.12. The number of aromatic hydroxyl groups is 1. The van der Waals surface area contributed by atoms with E-state index in [1.165, 1.54) is 5.56 Å². The quantitative estimate of drug-likeness (QED) is 0.817. The lowest BCUT2D eigenvalue weighted by atomic mass is 10.0. The third kappa shape index (κ3) is 4.47. The number of amides is 1. The van der Waals surface area contributed by atoms with Crippen LogP contribution in [0.4, 0.5) is 5.69 Å². The van der Waals surface area contributed by atoms with E-state index >= 15 is 0 Å². The Hall–Kier alpha value is -2.53. The Balaban J connectivity index is 1.67. The number of hydrogen-bond donors (Lipinski definition) is 1. The minimum Gasteiger partial charge on any atom is -0.504 e. The number of phenols is 1. The number of carbonyl (C=O) groups is 1. The van der Waals surface area contributed by atoms with E-state index in [0.29, 0.717) is 18.7 Å². The van der Waals surface area contributed by atoms with Crippen LogP contribution in [-0.2, 0) is 11.3 Å². The average molecular weight is 383 g/mol. The molecule has 0 aromatic heterocycles. The molecule has 28 heavy (non-hydrogen) atoms. The van der Waals surface area contributed by atoms with Crippen molar-refractivity contribution in [2.24, 2.45) is 0 Å². The first-order chi connectivity index (χ1) is 13.5. The Morgan fingerprint density at radius 2 is 1.86 bits per heavy atom. The van der Waals surface area contributed by atoms with Crippen LogP contribution in [0.1, 0.15) is 37.3 Å². The van der Waals surface area contributed by atoms with Gasteiger partial charge < -0.3 is 14.7 Å². The molecule has 1 fully saturated rings. The summed E-state index contributed by atoms with van der Waals surface area (Å²) in [6.45, 7) is 6.44. The molecule has 2 aromatic carbocycles. The van der Waals surface area contributed by atoms with Crippen molar-refractivity contribution in [1.82, 2.24) is 4.90 Å². The fourth-order valence-electron chi connectivity index (χ4n) is 3.87. The van der Waals surface area contributed by atoms with Gasteiger partial charge in [0.1, 0.15) is 0 Å². The highest BCUT2D eigenvalue weighted by Gasteiger charge is 2.28. The van der Waals surface area contributed by atoms with Gasteiger partial charge in [-0.25, -0.2) is 0 Å². The summed E-state index contributed by atoms with van der Waals surface area (Å²) in [4.78, 5) is 17.0. The zero-order valence-electron chi connectivity index (χ0n) is 17.0. The van der Waals surface area contributed by atoms with Gasteiger partial charge in [0, 0.05) is 43.3 Å². The van der Waals surface area contributed by atoms with Gasteiger partial charge in [0.2, 0.25) is 5.91 Å². The molecule has 1 aliphatic heterocycles. The number of piperidine rings is 1. The first-order valence-corrected chi connectivity index (χ1v) is 9.99. The van der Waals surface area contributed by atoms with Gasteiger partial charge in [-0.15, -0.1) is 0 Å². The Kier molecular flexibility index (Phi) is 6.57. The standard InChI is InChI=1S/C23H30N2O3/c1-4-22(26)25(19-10-8-17(2)9-11-19)20-12-14-24(15-13-20)16-18-6-5-7-21(28-3)23(18)27/h5-11,20,27H,4,12-16H2,1-3H3. The predicted molar refractivity (Wildman–Crippen MR) is 112 cm³/mol. The molecule has 0 bridgehead atoms. The van der Waals surface area contributed by atoms with Gasteiger partial charge in [-0.2, -0.15) is 0 Å². The van der Waals surface area contributed by atoms with Crippen molar-refractivity contribution in [2.75, 3.05) is 25.1 Å². The number of nitrogens with zero attached hydrogens (tertiary/aromatic N) is 2. The van der Waals surface area contributed by atoms with Crippen LogP contribution >= 0.6 is 0 Å². The van der Waals surface area contributed by atoms with E-state index in [-0.39, 0.29) is 17.7 Å². The number of anilines is 1. The van der Waals surface area contributed by atoms with Crippen LogP contribution in [-0.4, -0.2) is 42.2 Å². The molecule has 1 amide bonds. The molecule has 0 spiro atoms. The molecule has 5 nitrogen and oxygen atoms in total. The van der Waals surface area contributed by atoms with E-state index in [4.69, 9.17) is 4.74 Å². The number of para-hydroxylation sites is 1. The number of rotatable bonds is 6. The number of benzene rings is 2.